The largest absolute Gasteiger partial charge is 0.481 e. The number of hydrogen-bond acceptors (Lipinski definition) is 5. The Labute approximate surface area is 195 Å². The summed E-state index contributed by atoms with van der Waals surface area (Å²) in [6, 6.07) is 0. The fourth-order valence-electron chi connectivity index (χ4n) is 8.08. The lowest BCUT2D eigenvalue weighted by molar-refractivity contribution is -0.146. The van der Waals surface area contributed by atoms with Crippen molar-refractivity contribution in [2.24, 2.45) is 33.5 Å². The van der Waals surface area contributed by atoms with E-state index in [2.05, 4.69) is 6.58 Å². The lowest BCUT2D eigenvalue weighted by Crippen LogP contribution is -2.59. The molecule has 0 spiro atoms. The molecule has 0 aliphatic heterocycles. The highest BCUT2D eigenvalue weighted by Gasteiger charge is 2.70. The summed E-state index contributed by atoms with van der Waals surface area (Å²) in [5, 5.41) is 20.6. The number of rotatable bonds is 4. The predicted molar refractivity (Wildman–Crippen MR) is 122 cm³/mol. The summed E-state index contributed by atoms with van der Waals surface area (Å²) in [6.07, 6.45) is 0.878. The number of aliphatic carboxylic acids is 1. The van der Waals surface area contributed by atoms with E-state index in [0.29, 0.717) is 36.0 Å². The molecule has 4 aliphatic rings. The Morgan fingerprint density at radius 1 is 1.06 bits per heavy atom. The molecule has 2 fully saturated rings. The number of carbonyl (C=O) groups excluding carboxylic acids is 3. The Balaban J connectivity index is 1.86. The van der Waals surface area contributed by atoms with Gasteiger partial charge in [0.2, 0.25) is 0 Å². The van der Waals surface area contributed by atoms with Gasteiger partial charge in [0.1, 0.15) is 11.6 Å². The first-order valence-electron chi connectivity index (χ1n) is 12.0. The third-order valence-electron chi connectivity index (χ3n) is 10.2. The Bertz CT molecular complexity index is 1020. The maximum Gasteiger partial charge on any atom is 0.303 e. The molecule has 6 nitrogen and oxygen atoms in total. The smallest absolute Gasteiger partial charge is 0.303 e. The number of Topliss-reactive ketones (excluding diaryl/α,β-unsaturated/α-hetero) is 3. The van der Waals surface area contributed by atoms with Gasteiger partial charge in [0, 0.05) is 42.1 Å². The van der Waals surface area contributed by atoms with Gasteiger partial charge >= 0.3 is 5.97 Å². The lowest BCUT2D eigenvalue weighted by atomic mass is 9.42. The van der Waals surface area contributed by atoms with Crippen molar-refractivity contribution in [3.8, 4) is 0 Å². The molecule has 0 saturated heterocycles. The molecule has 0 radical (unpaired) electrons. The number of ketones is 3. The van der Waals surface area contributed by atoms with E-state index in [1.165, 1.54) is 0 Å². The second kappa shape index (κ2) is 7.21. The van der Waals surface area contributed by atoms with Gasteiger partial charge in [-0.3, -0.25) is 19.2 Å². The molecule has 2 N–H and O–H groups in total. The molecule has 0 aromatic rings. The zero-order chi connectivity index (χ0) is 24.7. The van der Waals surface area contributed by atoms with Crippen LogP contribution in [0.4, 0.5) is 0 Å². The molecule has 0 aromatic heterocycles. The molecular weight excluding hydrogens is 420 g/mol. The summed E-state index contributed by atoms with van der Waals surface area (Å²) in [6.45, 7) is 13.8. The number of carboxylic acids is 1. The maximum absolute atomic E-state index is 13.9. The highest BCUT2D eigenvalue weighted by Crippen LogP contribution is 2.70. The van der Waals surface area contributed by atoms with Crippen LogP contribution >= 0.6 is 0 Å². The molecule has 2 saturated carbocycles. The van der Waals surface area contributed by atoms with Gasteiger partial charge in [-0.2, -0.15) is 0 Å². The summed E-state index contributed by atoms with van der Waals surface area (Å²) in [5.74, 6) is -1.31. The van der Waals surface area contributed by atoms with E-state index in [1.807, 2.05) is 34.6 Å². The monoisotopic (exact) mass is 456 g/mol. The Morgan fingerprint density at radius 2 is 1.70 bits per heavy atom. The lowest BCUT2D eigenvalue weighted by Gasteiger charge is -2.60. The summed E-state index contributed by atoms with van der Waals surface area (Å²) >= 11 is 0. The number of fused-ring (bicyclic) bond motifs is 4. The number of carboxylic acid groups (broad SMARTS) is 1. The standard InChI is InChI=1S/C27H36O6/c1-14(7-8-21(32)33)15-11-20(31)27(6)23-16(28)12-18-24(2,3)19(30)9-10-25(18,4)22(23)17(29)13-26(15,27)5/h15-16,18,28H,1,7-13H2,2-6H3,(H,32,33)/t15-,16+,18+,25+,26-,27+/m1/s1. The van der Waals surface area contributed by atoms with Crippen LogP contribution in [0.5, 0.6) is 0 Å². The minimum atomic E-state index is -1.02. The van der Waals surface area contributed by atoms with Crippen LogP contribution in [0.3, 0.4) is 0 Å². The van der Waals surface area contributed by atoms with Crippen LogP contribution in [0.1, 0.15) is 79.6 Å². The van der Waals surface area contributed by atoms with Crippen molar-refractivity contribution in [2.75, 3.05) is 0 Å². The van der Waals surface area contributed by atoms with Crippen LogP contribution < -0.4 is 0 Å². The summed E-state index contributed by atoms with van der Waals surface area (Å²) < 4.78 is 0. The van der Waals surface area contributed by atoms with Crippen LogP contribution in [0.25, 0.3) is 0 Å². The van der Waals surface area contributed by atoms with Gasteiger partial charge in [-0.1, -0.05) is 39.8 Å². The number of hydrogen-bond donors (Lipinski definition) is 2. The highest BCUT2D eigenvalue weighted by atomic mass is 16.4. The van der Waals surface area contributed by atoms with Crippen LogP contribution in [0.15, 0.2) is 23.3 Å². The quantitative estimate of drug-likeness (QED) is 0.618. The first-order chi connectivity index (χ1) is 15.1. The van der Waals surface area contributed by atoms with Gasteiger partial charge in [0.15, 0.2) is 5.78 Å². The molecule has 4 aliphatic carbocycles. The molecule has 0 aromatic carbocycles. The van der Waals surface area contributed by atoms with Crippen molar-refractivity contribution in [3.63, 3.8) is 0 Å². The number of allylic oxidation sites excluding steroid dienone is 2. The molecule has 0 bridgehead atoms. The fourth-order valence-corrected chi connectivity index (χ4v) is 8.08. The molecule has 180 valence electrons. The second-order valence-corrected chi connectivity index (χ2v) is 12.0. The van der Waals surface area contributed by atoms with Crippen molar-refractivity contribution in [3.05, 3.63) is 23.3 Å². The zero-order valence-corrected chi connectivity index (χ0v) is 20.4. The number of aliphatic hydroxyl groups excluding tert-OH is 1. The average molecular weight is 457 g/mol. The third-order valence-corrected chi connectivity index (χ3v) is 10.2. The molecular formula is C27H36O6. The van der Waals surface area contributed by atoms with E-state index in [0.717, 1.165) is 0 Å². The van der Waals surface area contributed by atoms with Gasteiger partial charge < -0.3 is 10.2 Å². The SMILES string of the molecule is C=C(CCC(=O)O)[C@H]1CC(=O)[C@@]2(C)C3=C(C(=O)C[C@]12C)[C@@]1(C)CCC(=O)C(C)(C)[C@@H]1C[C@@H]3O. The predicted octanol–water partition coefficient (Wildman–Crippen LogP) is 4.05. The molecule has 4 rings (SSSR count). The third kappa shape index (κ3) is 2.95. The number of aliphatic hydroxyl groups is 1. The number of carbonyl (C=O) groups is 4. The molecule has 0 heterocycles. The van der Waals surface area contributed by atoms with Crippen LogP contribution in [-0.2, 0) is 19.2 Å². The van der Waals surface area contributed by atoms with Gasteiger partial charge in [-0.25, -0.2) is 0 Å². The van der Waals surface area contributed by atoms with E-state index in [4.69, 9.17) is 5.11 Å². The molecule has 33 heavy (non-hydrogen) atoms. The van der Waals surface area contributed by atoms with Crippen LogP contribution in [0, 0.1) is 33.5 Å². The van der Waals surface area contributed by atoms with Crippen LogP contribution in [0.2, 0.25) is 0 Å². The van der Waals surface area contributed by atoms with E-state index in [-0.39, 0.29) is 54.9 Å². The van der Waals surface area contributed by atoms with Crippen molar-refractivity contribution in [2.45, 2.75) is 85.7 Å². The minimum absolute atomic E-state index is 0.0151. The van der Waals surface area contributed by atoms with E-state index in [1.54, 1.807) is 0 Å². The van der Waals surface area contributed by atoms with Crippen molar-refractivity contribution in [1.29, 1.82) is 0 Å². The molecule has 6 heteroatoms. The zero-order valence-electron chi connectivity index (χ0n) is 20.4. The maximum atomic E-state index is 13.9. The average Bonchev–Trinajstić information content (AvgIpc) is 2.92. The van der Waals surface area contributed by atoms with Gasteiger partial charge in [0.05, 0.1) is 11.5 Å². The van der Waals surface area contributed by atoms with E-state index in [9.17, 15) is 24.3 Å². The minimum Gasteiger partial charge on any atom is -0.481 e. The second-order valence-electron chi connectivity index (χ2n) is 12.0. The Hall–Kier alpha value is -2.08. The van der Waals surface area contributed by atoms with Gasteiger partial charge in [0.25, 0.3) is 0 Å². The molecule has 0 unspecified atom stereocenters. The van der Waals surface area contributed by atoms with E-state index < -0.39 is 33.7 Å². The van der Waals surface area contributed by atoms with Crippen molar-refractivity contribution in [1.82, 2.24) is 0 Å². The first kappa shape index (κ1) is 24.1. The van der Waals surface area contributed by atoms with E-state index >= 15 is 0 Å². The molecule has 0 amide bonds. The summed E-state index contributed by atoms with van der Waals surface area (Å²) in [4.78, 5) is 51.4. The van der Waals surface area contributed by atoms with Gasteiger partial charge in [-0.05, 0) is 49.0 Å². The highest BCUT2D eigenvalue weighted by molar-refractivity contribution is 6.05. The normalized spacial score (nSPS) is 42.0. The Morgan fingerprint density at radius 3 is 2.30 bits per heavy atom. The fraction of sp³-hybridized carbons (Fsp3) is 0.704. The Kier molecular flexibility index (Phi) is 5.25. The molecule has 6 atom stereocenters. The summed E-state index contributed by atoms with van der Waals surface area (Å²) in [7, 11) is 0. The van der Waals surface area contributed by atoms with Gasteiger partial charge in [-0.15, -0.1) is 0 Å². The van der Waals surface area contributed by atoms with Crippen LogP contribution in [-0.4, -0.2) is 39.6 Å². The first-order valence-corrected chi connectivity index (χ1v) is 12.0. The topological polar surface area (TPSA) is 109 Å². The van der Waals surface area contributed by atoms with Crippen molar-refractivity contribution < 1.29 is 29.4 Å². The van der Waals surface area contributed by atoms with Crippen molar-refractivity contribution >= 4 is 23.3 Å². The summed E-state index contributed by atoms with van der Waals surface area (Å²) in [5.41, 5.74) is -1.17.